The lowest BCUT2D eigenvalue weighted by Crippen LogP contribution is -1.86. The fourth-order valence-corrected chi connectivity index (χ4v) is 3.04. The average Bonchev–Trinajstić information content (AvgIpc) is 2.75. The van der Waals surface area contributed by atoms with Crippen molar-refractivity contribution in [3.63, 3.8) is 0 Å². The third-order valence-electron chi connectivity index (χ3n) is 4.59. The van der Waals surface area contributed by atoms with E-state index in [-0.39, 0.29) is 0 Å². The number of rotatable bonds is 6. The summed E-state index contributed by atoms with van der Waals surface area (Å²) in [6.07, 6.45) is 6.27. The lowest BCUT2D eigenvalue weighted by atomic mass is 9.98. The minimum atomic E-state index is 0.694. The van der Waals surface area contributed by atoms with E-state index in [0.717, 1.165) is 5.56 Å². The van der Waals surface area contributed by atoms with Gasteiger partial charge in [0.25, 0.3) is 0 Å². The molecule has 0 aromatic heterocycles. The smallest absolute Gasteiger partial charge is 0.0991 e. The lowest BCUT2D eigenvalue weighted by Gasteiger charge is -2.07. The quantitative estimate of drug-likeness (QED) is 0.403. The van der Waals surface area contributed by atoms with Crippen LogP contribution in [0.1, 0.15) is 57.6 Å². The zero-order chi connectivity index (χ0) is 20.2. The Balaban J connectivity index is 0.000000878. The van der Waals surface area contributed by atoms with E-state index < -0.39 is 0 Å². The molecule has 144 valence electrons. The van der Waals surface area contributed by atoms with E-state index in [9.17, 15) is 0 Å². The molecule has 0 N–H and O–H groups in total. The van der Waals surface area contributed by atoms with Crippen molar-refractivity contribution >= 4 is 0 Å². The Morgan fingerprint density at radius 1 is 0.607 bits per heavy atom. The summed E-state index contributed by atoms with van der Waals surface area (Å²) in [7, 11) is 0. The molecule has 3 aromatic rings. The average molecular weight is 370 g/mol. The topological polar surface area (TPSA) is 23.8 Å². The summed E-state index contributed by atoms with van der Waals surface area (Å²) in [6, 6.07) is 27.4. The molecule has 0 saturated carbocycles. The van der Waals surface area contributed by atoms with E-state index in [2.05, 4.69) is 75.4 Å². The van der Waals surface area contributed by atoms with E-state index in [1.54, 1.807) is 0 Å². The molecule has 0 bridgehead atoms. The van der Waals surface area contributed by atoms with Crippen molar-refractivity contribution in [3.8, 4) is 28.3 Å². The van der Waals surface area contributed by atoms with Gasteiger partial charge in [-0.1, -0.05) is 101 Å². The van der Waals surface area contributed by atoms with Crippen molar-refractivity contribution in [3.05, 3.63) is 83.9 Å². The van der Waals surface area contributed by atoms with Gasteiger partial charge in [-0.05, 0) is 52.8 Å². The van der Waals surface area contributed by atoms with Crippen molar-refractivity contribution in [2.75, 3.05) is 0 Å². The van der Waals surface area contributed by atoms with Gasteiger partial charge in [0.15, 0.2) is 0 Å². The predicted octanol–water partition coefficient (Wildman–Crippen LogP) is 8.04. The fourth-order valence-electron chi connectivity index (χ4n) is 3.04. The summed E-state index contributed by atoms with van der Waals surface area (Å²) in [4.78, 5) is 0. The van der Waals surface area contributed by atoms with E-state index >= 15 is 0 Å². The van der Waals surface area contributed by atoms with E-state index in [1.165, 1.54) is 54.4 Å². The third kappa shape index (κ3) is 6.39. The van der Waals surface area contributed by atoms with Gasteiger partial charge in [-0.2, -0.15) is 5.26 Å². The molecule has 28 heavy (non-hydrogen) atoms. The van der Waals surface area contributed by atoms with Crippen LogP contribution in [0, 0.1) is 11.3 Å². The number of benzene rings is 3. The molecule has 0 atom stereocenters. The summed E-state index contributed by atoms with van der Waals surface area (Å²) >= 11 is 0. The molecule has 0 spiro atoms. The van der Waals surface area contributed by atoms with Gasteiger partial charge >= 0.3 is 0 Å². The molecule has 0 aliphatic carbocycles. The number of hydrogen-bond donors (Lipinski definition) is 0. The van der Waals surface area contributed by atoms with Crippen LogP contribution in [0.2, 0.25) is 0 Å². The highest BCUT2D eigenvalue weighted by Crippen LogP contribution is 2.25. The second kappa shape index (κ2) is 11.8. The second-order valence-electron chi connectivity index (χ2n) is 7.13. The van der Waals surface area contributed by atoms with E-state index in [0.29, 0.717) is 5.56 Å². The molecule has 3 rings (SSSR count). The van der Waals surface area contributed by atoms with Crippen molar-refractivity contribution in [2.45, 2.75) is 52.9 Å². The van der Waals surface area contributed by atoms with Crippen LogP contribution >= 0.6 is 0 Å². The van der Waals surface area contributed by atoms with Crippen LogP contribution in [0.3, 0.4) is 0 Å². The van der Waals surface area contributed by atoms with Crippen molar-refractivity contribution < 1.29 is 0 Å². The first-order valence-corrected chi connectivity index (χ1v) is 10.4. The maximum atomic E-state index is 8.89. The molecule has 0 unspecified atom stereocenters. The molecule has 0 heterocycles. The third-order valence-corrected chi connectivity index (χ3v) is 4.59. The summed E-state index contributed by atoms with van der Waals surface area (Å²) in [6.45, 7) is 6.49. The number of nitriles is 1. The van der Waals surface area contributed by atoms with Crippen LogP contribution in [0.5, 0.6) is 0 Å². The van der Waals surface area contributed by atoms with Crippen LogP contribution in [0.15, 0.2) is 72.8 Å². The standard InChI is InChI=1S/C24H23N.C3H8/c1-2-3-4-5-19-6-10-21(11-7-19)23-14-16-24(17-15-23)22-12-8-20(18-25)9-13-22;1-3-2/h6-17H,2-5H2,1H3;3H2,1-2H3. The predicted molar refractivity (Wildman–Crippen MR) is 121 cm³/mol. The minimum Gasteiger partial charge on any atom is -0.192 e. The van der Waals surface area contributed by atoms with Crippen LogP contribution < -0.4 is 0 Å². The Morgan fingerprint density at radius 2 is 1.00 bits per heavy atom. The molecule has 1 nitrogen and oxygen atoms in total. The SMILES string of the molecule is CCC.CCCCCc1ccc(-c2ccc(-c3ccc(C#N)cc3)cc2)cc1. The maximum absolute atomic E-state index is 8.89. The summed E-state index contributed by atoms with van der Waals surface area (Å²) in [5, 5.41) is 8.89. The van der Waals surface area contributed by atoms with Gasteiger partial charge in [-0.15, -0.1) is 0 Å². The lowest BCUT2D eigenvalue weighted by molar-refractivity contribution is 0.717. The molecule has 0 amide bonds. The first-order chi connectivity index (χ1) is 13.7. The van der Waals surface area contributed by atoms with Crippen LogP contribution in [-0.4, -0.2) is 0 Å². The van der Waals surface area contributed by atoms with Crippen LogP contribution in [0.25, 0.3) is 22.3 Å². The van der Waals surface area contributed by atoms with Crippen molar-refractivity contribution in [2.24, 2.45) is 0 Å². The maximum Gasteiger partial charge on any atom is 0.0991 e. The molecule has 1 heteroatoms. The molecule has 0 aliphatic heterocycles. The highest BCUT2D eigenvalue weighted by Gasteiger charge is 2.01. The fraction of sp³-hybridized carbons (Fsp3) is 0.296. The van der Waals surface area contributed by atoms with E-state index in [4.69, 9.17) is 5.26 Å². The molecule has 0 radical (unpaired) electrons. The molecule has 0 fully saturated rings. The highest BCUT2D eigenvalue weighted by atomic mass is 14.2. The van der Waals surface area contributed by atoms with Gasteiger partial charge < -0.3 is 0 Å². The van der Waals surface area contributed by atoms with Gasteiger partial charge in [-0.25, -0.2) is 0 Å². The van der Waals surface area contributed by atoms with Gasteiger partial charge in [0.05, 0.1) is 11.6 Å². The second-order valence-corrected chi connectivity index (χ2v) is 7.13. The van der Waals surface area contributed by atoms with Gasteiger partial charge in [0.2, 0.25) is 0 Å². The Morgan fingerprint density at radius 3 is 1.39 bits per heavy atom. The number of unbranched alkanes of at least 4 members (excludes halogenated alkanes) is 2. The van der Waals surface area contributed by atoms with E-state index in [1.807, 2.05) is 24.3 Å². The molecule has 0 saturated heterocycles. The zero-order valence-corrected chi connectivity index (χ0v) is 17.4. The first-order valence-electron chi connectivity index (χ1n) is 10.4. The van der Waals surface area contributed by atoms with Crippen LogP contribution in [0.4, 0.5) is 0 Å². The van der Waals surface area contributed by atoms with Crippen molar-refractivity contribution in [1.29, 1.82) is 5.26 Å². The minimum absolute atomic E-state index is 0.694. The number of aryl methyl sites for hydroxylation is 1. The Labute approximate surface area is 170 Å². The Hall–Kier alpha value is -2.85. The van der Waals surface area contributed by atoms with Gasteiger partial charge in [-0.3, -0.25) is 0 Å². The highest BCUT2D eigenvalue weighted by molar-refractivity contribution is 5.70. The molecule has 3 aromatic carbocycles. The van der Waals surface area contributed by atoms with Crippen LogP contribution in [-0.2, 0) is 6.42 Å². The first kappa shape index (κ1) is 21.5. The Bertz CT molecular complexity index is 850. The Kier molecular flexibility index (Phi) is 9.02. The van der Waals surface area contributed by atoms with Gasteiger partial charge in [0, 0.05) is 0 Å². The zero-order valence-electron chi connectivity index (χ0n) is 17.4. The number of hydrogen-bond acceptors (Lipinski definition) is 1. The number of nitrogens with zero attached hydrogens (tertiary/aromatic N) is 1. The largest absolute Gasteiger partial charge is 0.192 e. The van der Waals surface area contributed by atoms with Crippen molar-refractivity contribution in [1.82, 2.24) is 0 Å². The monoisotopic (exact) mass is 369 g/mol. The molecule has 0 aliphatic rings. The summed E-state index contributed by atoms with van der Waals surface area (Å²) in [5.41, 5.74) is 6.91. The molecular weight excluding hydrogens is 338 g/mol. The molecular formula is C27H31N. The summed E-state index contributed by atoms with van der Waals surface area (Å²) < 4.78 is 0. The summed E-state index contributed by atoms with van der Waals surface area (Å²) in [5.74, 6) is 0. The van der Waals surface area contributed by atoms with Gasteiger partial charge in [0.1, 0.15) is 0 Å². The normalized spacial score (nSPS) is 9.93.